The third kappa shape index (κ3) is 5.94. The van der Waals surface area contributed by atoms with Gasteiger partial charge < -0.3 is 4.55 Å². The van der Waals surface area contributed by atoms with Gasteiger partial charge in [0.05, 0.1) is 0 Å². The lowest BCUT2D eigenvalue weighted by molar-refractivity contribution is 0.373. The summed E-state index contributed by atoms with van der Waals surface area (Å²) in [6, 6.07) is 0. The molecule has 5 heteroatoms. The summed E-state index contributed by atoms with van der Waals surface area (Å²) in [4.78, 5) is 0. The molecule has 1 N–H and O–H groups in total. The first kappa shape index (κ1) is 12.4. The van der Waals surface area contributed by atoms with Crippen molar-refractivity contribution in [3.05, 3.63) is 0 Å². The van der Waals surface area contributed by atoms with E-state index in [1.807, 2.05) is 20.8 Å². The predicted octanol–water partition coefficient (Wildman–Crippen LogP) is 1.41. The van der Waals surface area contributed by atoms with Crippen LogP contribution in [-0.4, -0.2) is 20.7 Å². The maximum absolute atomic E-state index is 10.1. The average molecular weight is 213 g/mol. The van der Waals surface area contributed by atoms with E-state index in [-0.39, 0.29) is 10.8 Å². The summed E-state index contributed by atoms with van der Waals surface area (Å²) in [6.07, 6.45) is 0.652. The zero-order chi connectivity index (χ0) is 9.78. The van der Waals surface area contributed by atoms with Gasteiger partial charge in [-0.2, -0.15) is 0 Å². The topological polar surface area (TPSA) is 52.2 Å². The molecular formula is C7H15ClNO2S-. The zero-order valence-corrected chi connectivity index (χ0v) is 9.17. The molecule has 0 aliphatic rings. The van der Waals surface area contributed by atoms with Crippen molar-refractivity contribution in [3.8, 4) is 0 Å². The predicted molar refractivity (Wildman–Crippen MR) is 50.6 cm³/mol. The van der Waals surface area contributed by atoms with Crippen molar-refractivity contribution >= 4 is 22.9 Å². The number of hydrogen-bond acceptors (Lipinski definition) is 2. The molecule has 0 fully saturated rings. The van der Waals surface area contributed by atoms with Crippen molar-refractivity contribution < 1.29 is 8.76 Å². The number of alkyl halides is 1. The Bertz CT molecular complexity index is 158. The highest BCUT2D eigenvalue weighted by atomic mass is 35.5. The highest BCUT2D eigenvalue weighted by Crippen LogP contribution is 2.26. The van der Waals surface area contributed by atoms with E-state index in [0.29, 0.717) is 13.0 Å². The van der Waals surface area contributed by atoms with Gasteiger partial charge in [-0.25, -0.2) is 4.72 Å². The fourth-order valence-corrected chi connectivity index (χ4v) is 1.10. The molecular weight excluding hydrogens is 198 g/mol. The number of nitrogens with one attached hydrogen (secondary N) is 1. The fourth-order valence-electron chi connectivity index (χ4n) is 0.702. The van der Waals surface area contributed by atoms with Crippen molar-refractivity contribution in [2.75, 3.05) is 6.54 Å². The summed E-state index contributed by atoms with van der Waals surface area (Å²) in [5.74, 6) is 0. The van der Waals surface area contributed by atoms with Gasteiger partial charge in [-0.15, -0.1) is 11.6 Å². The maximum atomic E-state index is 10.1. The minimum atomic E-state index is -2.17. The largest absolute Gasteiger partial charge is 0.760 e. The van der Waals surface area contributed by atoms with Gasteiger partial charge in [-0.3, -0.25) is 4.21 Å². The van der Waals surface area contributed by atoms with Crippen LogP contribution in [0.4, 0.5) is 0 Å². The van der Waals surface area contributed by atoms with Crippen LogP contribution >= 0.6 is 11.6 Å². The molecule has 2 unspecified atom stereocenters. The minimum Gasteiger partial charge on any atom is -0.760 e. The molecule has 74 valence electrons. The summed E-state index contributed by atoms with van der Waals surface area (Å²) < 4.78 is 22.4. The van der Waals surface area contributed by atoms with E-state index in [1.54, 1.807) is 0 Å². The highest BCUT2D eigenvalue weighted by Gasteiger charge is 2.21. The molecule has 0 saturated heterocycles. The molecule has 2 atom stereocenters. The van der Waals surface area contributed by atoms with Gasteiger partial charge in [-0.05, 0) is 11.8 Å². The molecule has 0 aromatic rings. The molecule has 0 aliphatic carbocycles. The Kier molecular flexibility index (Phi) is 5.32. The number of rotatable bonds is 4. The Morgan fingerprint density at radius 3 is 2.42 bits per heavy atom. The monoisotopic (exact) mass is 212 g/mol. The summed E-state index contributed by atoms with van der Waals surface area (Å²) in [7, 11) is 0. The van der Waals surface area contributed by atoms with Gasteiger partial charge in [0.25, 0.3) is 0 Å². The third-order valence-electron chi connectivity index (χ3n) is 1.56. The molecule has 0 rings (SSSR count). The summed E-state index contributed by atoms with van der Waals surface area (Å²) in [5, 5.41) is -0.00597. The lowest BCUT2D eigenvalue weighted by atomic mass is 9.90. The van der Waals surface area contributed by atoms with Gasteiger partial charge in [0.15, 0.2) is 0 Å². The van der Waals surface area contributed by atoms with E-state index in [1.165, 1.54) is 0 Å². The molecule has 0 spiro atoms. The second-order valence-electron chi connectivity index (χ2n) is 3.75. The van der Waals surface area contributed by atoms with E-state index in [4.69, 9.17) is 11.6 Å². The van der Waals surface area contributed by atoms with Crippen LogP contribution in [0.25, 0.3) is 0 Å². The van der Waals surface area contributed by atoms with Gasteiger partial charge in [0.2, 0.25) is 0 Å². The van der Waals surface area contributed by atoms with E-state index < -0.39 is 11.3 Å². The van der Waals surface area contributed by atoms with Crippen molar-refractivity contribution in [2.45, 2.75) is 32.6 Å². The molecule has 3 nitrogen and oxygen atoms in total. The maximum Gasteiger partial charge on any atom is 0.0396 e. The molecule has 0 bridgehead atoms. The molecule has 0 aromatic carbocycles. The Morgan fingerprint density at radius 1 is 1.58 bits per heavy atom. The van der Waals surface area contributed by atoms with Crippen LogP contribution in [0.2, 0.25) is 0 Å². The number of hydrogen-bond donors (Lipinski definition) is 1. The molecule has 0 saturated carbocycles. The van der Waals surface area contributed by atoms with Crippen molar-refractivity contribution in [3.63, 3.8) is 0 Å². The standard InChI is InChI=1S/C7H16ClNO2S/c1-7(2,3)6(8)4-5-9-12(10)11/h6,9H,4-5H2,1-3H3,(H,10,11)/p-1. The lowest BCUT2D eigenvalue weighted by Gasteiger charge is -2.25. The minimum absolute atomic E-state index is 0.00597. The summed E-state index contributed by atoms with van der Waals surface area (Å²) in [5.41, 5.74) is 0.0214. The Morgan fingerprint density at radius 2 is 2.08 bits per heavy atom. The first-order valence-corrected chi connectivity index (χ1v) is 5.32. The normalized spacial score (nSPS) is 17.4. The van der Waals surface area contributed by atoms with Crippen molar-refractivity contribution in [1.82, 2.24) is 4.72 Å². The number of halogens is 1. The van der Waals surface area contributed by atoms with Crippen LogP contribution in [0.15, 0.2) is 0 Å². The molecule has 0 aromatic heterocycles. The van der Waals surface area contributed by atoms with E-state index in [9.17, 15) is 8.76 Å². The highest BCUT2D eigenvalue weighted by molar-refractivity contribution is 7.77. The third-order valence-corrected chi connectivity index (χ3v) is 2.87. The molecule has 0 radical (unpaired) electrons. The summed E-state index contributed by atoms with van der Waals surface area (Å²) in [6.45, 7) is 6.48. The Labute approximate surface area is 81.3 Å². The first-order valence-electron chi connectivity index (χ1n) is 3.81. The summed E-state index contributed by atoms with van der Waals surface area (Å²) >= 11 is 3.83. The SMILES string of the molecule is CC(C)(C)C(Cl)CCNS(=O)[O-]. The van der Waals surface area contributed by atoms with Crippen LogP contribution in [0.5, 0.6) is 0 Å². The molecule has 0 heterocycles. The van der Waals surface area contributed by atoms with Crippen molar-refractivity contribution in [1.29, 1.82) is 0 Å². The Hall–Kier alpha value is 0.360. The second-order valence-corrected chi connectivity index (χ2v) is 5.04. The van der Waals surface area contributed by atoms with E-state index in [0.717, 1.165) is 0 Å². The van der Waals surface area contributed by atoms with E-state index >= 15 is 0 Å². The van der Waals surface area contributed by atoms with Gasteiger partial charge >= 0.3 is 0 Å². The van der Waals surface area contributed by atoms with Crippen LogP contribution in [0.1, 0.15) is 27.2 Å². The average Bonchev–Trinajstić information content (AvgIpc) is 1.84. The van der Waals surface area contributed by atoms with Crippen LogP contribution in [0, 0.1) is 5.41 Å². The van der Waals surface area contributed by atoms with Crippen LogP contribution < -0.4 is 4.72 Å². The smallest absolute Gasteiger partial charge is 0.0396 e. The van der Waals surface area contributed by atoms with Crippen LogP contribution in [-0.2, 0) is 11.3 Å². The molecule has 12 heavy (non-hydrogen) atoms. The Balaban J connectivity index is 3.58. The zero-order valence-electron chi connectivity index (χ0n) is 7.59. The molecule has 0 amide bonds. The van der Waals surface area contributed by atoms with Gasteiger partial charge in [0, 0.05) is 23.2 Å². The first-order chi connectivity index (χ1) is 5.34. The van der Waals surface area contributed by atoms with Gasteiger partial charge in [0.1, 0.15) is 0 Å². The second kappa shape index (κ2) is 5.17. The quantitative estimate of drug-likeness (QED) is 0.566. The van der Waals surface area contributed by atoms with Crippen LogP contribution in [0.3, 0.4) is 0 Å². The molecule has 0 aliphatic heterocycles. The van der Waals surface area contributed by atoms with Gasteiger partial charge in [-0.1, -0.05) is 20.8 Å². The van der Waals surface area contributed by atoms with E-state index in [2.05, 4.69) is 4.72 Å². The fraction of sp³-hybridized carbons (Fsp3) is 1.00. The van der Waals surface area contributed by atoms with Crippen molar-refractivity contribution in [2.24, 2.45) is 5.41 Å². The lowest BCUT2D eigenvalue weighted by Crippen LogP contribution is -2.27.